The average molecular weight is 481 g/mol. The maximum atomic E-state index is 13.8. The van der Waals surface area contributed by atoms with Gasteiger partial charge in [0, 0.05) is 5.56 Å². The predicted molar refractivity (Wildman–Crippen MR) is 139 cm³/mol. The van der Waals surface area contributed by atoms with Gasteiger partial charge in [-0.3, -0.25) is 9.36 Å². The van der Waals surface area contributed by atoms with Crippen molar-refractivity contribution in [3.8, 4) is 11.5 Å². The lowest BCUT2D eigenvalue weighted by molar-refractivity contribution is 0.373. The number of thiazole rings is 1. The van der Waals surface area contributed by atoms with Crippen molar-refractivity contribution in [2.75, 3.05) is 7.11 Å². The fourth-order valence-corrected chi connectivity index (χ4v) is 6.01. The first-order valence-corrected chi connectivity index (χ1v) is 12.4. The van der Waals surface area contributed by atoms with Crippen molar-refractivity contribution in [3.05, 3.63) is 120 Å². The highest BCUT2D eigenvalue weighted by Crippen LogP contribution is 2.41. The first kappa shape index (κ1) is 21.6. The fourth-order valence-electron chi connectivity index (χ4n) is 5.01. The van der Waals surface area contributed by atoms with Crippen molar-refractivity contribution in [1.82, 2.24) is 4.57 Å². The number of phenols is 1. The van der Waals surface area contributed by atoms with Crippen LogP contribution >= 0.6 is 11.3 Å². The van der Waals surface area contributed by atoms with Gasteiger partial charge in [0.25, 0.3) is 5.56 Å². The van der Waals surface area contributed by atoms with Crippen molar-refractivity contribution in [3.63, 3.8) is 0 Å². The summed E-state index contributed by atoms with van der Waals surface area (Å²) in [6.07, 6.45) is 3.65. The lowest BCUT2D eigenvalue weighted by Crippen LogP contribution is -2.38. The second kappa shape index (κ2) is 8.40. The molecule has 0 radical (unpaired) electrons. The number of aromatic nitrogens is 1. The van der Waals surface area contributed by atoms with Crippen LogP contribution in [0.4, 0.5) is 0 Å². The number of fused-ring (bicyclic) bond motifs is 3. The summed E-state index contributed by atoms with van der Waals surface area (Å²) in [5.74, 6) is 0.438. The summed E-state index contributed by atoms with van der Waals surface area (Å²) in [4.78, 5) is 19.5. The Morgan fingerprint density at radius 2 is 1.89 bits per heavy atom. The molecule has 1 atom stereocenters. The standard InChI is InChI=1S/C29H24N2O3S/c1-17-7-10-20(11-8-17)27-22-13-12-19-5-3-4-6-21(19)26(22)30-29-31(27)28(33)25(35-29)16-18-9-14-23(32)24(15-18)34-2/h3-11,14-16,27,32H,12-13H2,1-2H3. The number of aryl methyl sites for hydroxylation is 2. The zero-order valence-corrected chi connectivity index (χ0v) is 20.3. The number of phenolic OH excluding ortho intramolecular Hbond substituents is 1. The molecule has 0 fully saturated rings. The second-order valence-corrected chi connectivity index (χ2v) is 9.96. The molecule has 1 aliphatic carbocycles. The van der Waals surface area contributed by atoms with Crippen molar-refractivity contribution in [2.45, 2.75) is 25.8 Å². The lowest BCUT2D eigenvalue weighted by Gasteiger charge is -2.30. The van der Waals surface area contributed by atoms with Crippen LogP contribution in [0.25, 0.3) is 11.8 Å². The van der Waals surface area contributed by atoms with Crippen LogP contribution in [0.5, 0.6) is 11.5 Å². The monoisotopic (exact) mass is 480 g/mol. The highest BCUT2D eigenvalue weighted by atomic mass is 32.1. The quantitative estimate of drug-likeness (QED) is 0.475. The number of rotatable bonds is 3. The highest BCUT2D eigenvalue weighted by molar-refractivity contribution is 7.07. The molecular formula is C29H24N2O3S. The number of nitrogens with zero attached hydrogens (tertiary/aromatic N) is 2. The summed E-state index contributed by atoms with van der Waals surface area (Å²) in [7, 11) is 1.51. The Labute approximate surface area is 206 Å². The number of benzene rings is 3. The van der Waals surface area contributed by atoms with Crippen LogP contribution in [0.3, 0.4) is 0 Å². The first-order chi connectivity index (χ1) is 17.0. The van der Waals surface area contributed by atoms with E-state index in [0.717, 1.165) is 35.2 Å². The molecule has 0 spiro atoms. The van der Waals surface area contributed by atoms with Crippen LogP contribution in [0, 0.1) is 6.92 Å². The van der Waals surface area contributed by atoms with Gasteiger partial charge >= 0.3 is 0 Å². The molecule has 0 saturated heterocycles. The molecule has 1 aromatic heterocycles. The van der Waals surface area contributed by atoms with E-state index in [4.69, 9.17) is 9.73 Å². The van der Waals surface area contributed by atoms with Crippen molar-refractivity contribution in [1.29, 1.82) is 0 Å². The Morgan fingerprint density at radius 1 is 1.09 bits per heavy atom. The molecule has 5 nitrogen and oxygen atoms in total. The smallest absolute Gasteiger partial charge is 0.271 e. The maximum absolute atomic E-state index is 13.8. The fraction of sp³-hybridized carbons (Fsp3) is 0.172. The number of hydrogen-bond donors (Lipinski definition) is 1. The number of hydrogen-bond acceptors (Lipinski definition) is 5. The van der Waals surface area contributed by atoms with Crippen LogP contribution in [0.1, 0.15) is 40.3 Å². The molecule has 2 heterocycles. The van der Waals surface area contributed by atoms with E-state index in [0.29, 0.717) is 15.1 Å². The molecule has 4 aromatic rings. The van der Waals surface area contributed by atoms with E-state index in [1.165, 1.54) is 35.1 Å². The van der Waals surface area contributed by atoms with Gasteiger partial charge in [-0.05, 0) is 60.2 Å². The molecule has 0 amide bonds. The predicted octanol–water partition coefficient (Wildman–Crippen LogP) is 4.34. The Morgan fingerprint density at radius 3 is 2.69 bits per heavy atom. The molecular weight excluding hydrogens is 456 g/mol. The van der Waals surface area contributed by atoms with Crippen molar-refractivity contribution < 1.29 is 9.84 Å². The summed E-state index contributed by atoms with van der Waals surface area (Å²) in [5.41, 5.74) is 7.65. The largest absolute Gasteiger partial charge is 0.504 e. The molecule has 1 unspecified atom stereocenters. The van der Waals surface area contributed by atoms with E-state index in [2.05, 4.69) is 55.5 Å². The molecule has 2 aliphatic rings. The van der Waals surface area contributed by atoms with Crippen molar-refractivity contribution in [2.24, 2.45) is 4.99 Å². The summed E-state index contributed by atoms with van der Waals surface area (Å²) >= 11 is 1.40. The van der Waals surface area contributed by atoms with Gasteiger partial charge in [-0.25, -0.2) is 4.99 Å². The van der Waals surface area contributed by atoms with Crippen LogP contribution < -0.4 is 19.6 Å². The average Bonchev–Trinajstić information content (AvgIpc) is 3.19. The number of methoxy groups -OCH3 is 1. The zero-order chi connectivity index (χ0) is 24.1. The van der Waals surface area contributed by atoms with E-state index >= 15 is 0 Å². The maximum Gasteiger partial charge on any atom is 0.271 e. The van der Waals surface area contributed by atoms with E-state index < -0.39 is 0 Å². The van der Waals surface area contributed by atoms with Gasteiger partial charge in [0.15, 0.2) is 16.3 Å². The van der Waals surface area contributed by atoms with E-state index in [9.17, 15) is 9.90 Å². The number of aromatic hydroxyl groups is 1. The van der Waals surface area contributed by atoms with Gasteiger partial charge in [-0.1, -0.05) is 71.5 Å². The molecule has 6 rings (SSSR count). The Balaban J connectivity index is 1.60. The summed E-state index contributed by atoms with van der Waals surface area (Å²) in [6, 6.07) is 21.8. The van der Waals surface area contributed by atoms with Gasteiger partial charge in [0.1, 0.15) is 0 Å². The Hall–Kier alpha value is -3.90. The van der Waals surface area contributed by atoms with Crippen molar-refractivity contribution >= 4 is 23.1 Å². The van der Waals surface area contributed by atoms with E-state index in [-0.39, 0.29) is 17.4 Å². The number of ether oxygens (including phenoxy) is 1. The van der Waals surface area contributed by atoms with Gasteiger partial charge in [0.05, 0.1) is 23.4 Å². The molecule has 174 valence electrons. The van der Waals surface area contributed by atoms with Crippen LogP contribution in [-0.2, 0) is 6.42 Å². The normalized spacial score (nSPS) is 16.9. The van der Waals surface area contributed by atoms with Gasteiger partial charge in [0.2, 0.25) is 0 Å². The second-order valence-electron chi connectivity index (χ2n) is 8.96. The highest BCUT2D eigenvalue weighted by Gasteiger charge is 2.32. The number of allylic oxidation sites excluding steroid dienone is 1. The van der Waals surface area contributed by atoms with E-state index in [1.54, 1.807) is 18.2 Å². The topological polar surface area (TPSA) is 63.8 Å². The summed E-state index contributed by atoms with van der Waals surface area (Å²) in [5, 5.41) is 9.94. The Bertz CT molecular complexity index is 1680. The van der Waals surface area contributed by atoms with Crippen LogP contribution in [0.15, 0.2) is 82.1 Å². The zero-order valence-electron chi connectivity index (χ0n) is 19.5. The summed E-state index contributed by atoms with van der Waals surface area (Å²) in [6.45, 7) is 2.07. The molecule has 1 aliphatic heterocycles. The molecule has 0 bridgehead atoms. The molecule has 3 aromatic carbocycles. The molecule has 0 saturated carbocycles. The lowest BCUT2D eigenvalue weighted by atomic mass is 9.83. The Kier molecular flexibility index (Phi) is 5.19. The van der Waals surface area contributed by atoms with Crippen LogP contribution in [0.2, 0.25) is 0 Å². The third-order valence-corrected chi connectivity index (χ3v) is 7.75. The van der Waals surface area contributed by atoms with Crippen LogP contribution in [-0.4, -0.2) is 16.8 Å². The first-order valence-electron chi connectivity index (χ1n) is 11.6. The molecule has 6 heteroatoms. The minimum atomic E-state index is -0.188. The SMILES string of the molecule is COc1cc(C=c2sc3n(c2=O)C(c2ccc(C)cc2)C2=C(N=3)c3ccccc3CC2)ccc1O. The van der Waals surface area contributed by atoms with E-state index in [1.807, 2.05) is 10.6 Å². The van der Waals surface area contributed by atoms with Gasteiger partial charge < -0.3 is 9.84 Å². The molecule has 1 N–H and O–H groups in total. The van der Waals surface area contributed by atoms with Gasteiger partial charge in [-0.2, -0.15) is 0 Å². The third-order valence-electron chi connectivity index (χ3n) is 6.77. The summed E-state index contributed by atoms with van der Waals surface area (Å²) < 4.78 is 7.69. The minimum absolute atomic E-state index is 0.0585. The third kappa shape index (κ3) is 3.61. The minimum Gasteiger partial charge on any atom is -0.504 e. The molecule has 35 heavy (non-hydrogen) atoms. The van der Waals surface area contributed by atoms with Gasteiger partial charge in [-0.15, -0.1) is 0 Å².